The van der Waals surface area contributed by atoms with Crippen molar-refractivity contribution < 1.29 is 4.79 Å². The van der Waals surface area contributed by atoms with E-state index in [-0.39, 0.29) is 11.8 Å². The number of hydrogen-bond donors (Lipinski definition) is 1. The van der Waals surface area contributed by atoms with E-state index in [4.69, 9.17) is 0 Å². The van der Waals surface area contributed by atoms with Crippen molar-refractivity contribution in [1.29, 1.82) is 0 Å². The van der Waals surface area contributed by atoms with Gasteiger partial charge in [-0.25, -0.2) is 4.98 Å². The monoisotopic (exact) mass is 316 g/mol. The van der Waals surface area contributed by atoms with E-state index in [1.165, 1.54) is 12.8 Å². The van der Waals surface area contributed by atoms with Crippen LogP contribution in [0.2, 0.25) is 0 Å². The summed E-state index contributed by atoms with van der Waals surface area (Å²) >= 11 is 0. The Bertz CT molecular complexity index is 513. The lowest BCUT2D eigenvalue weighted by Gasteiger charge is -2.33. The van der Waals surface area contributed by atoms with Crippen LogP contribution in [0, 0.1) is 11.8 Å². The highest BCUT2D eigenvalue weighted by Gasteiger charge is 2.33. The van der Waals surface area contributed by atoms with E-state index in [1.54, 1.807) is 0 Å². The van der Waals surface area contributed by atoms with Gasteiger partial charge >= 0.3 is 0 Å². The highest BCUT2D eigenvalue weighted by Crippen LogP contribution is 2.34. The third-order valence-corrected chi connectivity index (χ3v) is 5.08. The van der Waals surface area contributed by atoms with E-state index in [9.17, 15) is 4.79 Å². The second kappa shape index (κ2) is 7.30. The Labute approximate surface area is 139 Å². The van der Waals surface area contributed by atoms with E-state index in [1.807, 2.05) is 24.4 Å². The lowest BCUT2D eigenvalue weighted by atomic mass is 9.97. The van der Waals surface area contributed by atoms with Crippen LogP contribution >= 0.6 is 0 Å². The van der Waals surface area contributed by atoms with Gasteiger partial charge < -0.3 is 15.1 Å². The lowest BCUT2D eigenvalue weighted by molar-refractivity contribution is -0.125. The summed E-state index contributed by atoms with van der Waals surface area (Å²) in [6, 6.07) is 6.44. The van der Waals surface area contributed by atoms with Gasteiger partial charge in [0.2, 0.25) is 5.91 Å². The highest BCUT2D eigenvalue weighted by molar-refractivity contribution is 5.79. The number of hydrogen-bond acceptors (Lipinski definition) is 4. The number of pyridine rings is 1. The molecule has 0 aromatic carbocycles. The minimum atomic E-state index is 0.0766. The minimum absolute atomic E-state index is 0.0766. The first-order chi connectivity index (χ1) is 11.1. The Morgan fingerprint density at radius 1 is 1.39 bits per heavy atom. The van der Waals surface area contributed by atoms with Crippen molar-refractivity contribution >= 4 is 11.7 Å². The molecule has 0 bridgehead atoms. The minimum Gasteiger partial charge on any atom is -0.356 e. The number of amides is 1. The fourth-order valence-corrected chi connectivity index (χ4v) is 3.54. The first kappa shape index (κ1) is 16.2. The lowest BCUT2D eigenvalue weighted by Crippen LogP contribution is -2.47. The molecule has 0 radical (unpaired) electrons. The number of anilines is 1. The molecule has 3 rings (SSSR count). The van der Waals surface area contributed by atoms with Gasteiger partial charge in [-0.3, -0.25) is 4.79 Å². The normalized spacial score (nSPS) is 22.9. The van der Waals surface area contributed by atoms with Crippen LogP contribution in [0.15, 0.2) is 24.4 Å². The molecular formula is C18H28N4O. The molecule has 1 aliphatic carbocycles. The molecule has 1 saturated carbocycles. The summed E-state index contributed by atoms with van der Waals surface area (Å²) in [6.45, 7) is 2.54. The average molecular weight is 316 g/mol. The van der Waals surface area contributed by atoms with Crippen LogP contribution < -0.4 is 10.2 Å². The Kier molecular flexibility index (Phi) is 5.16. The molecule has 23 heavy (non-hydrogen) atoms. The molecule has 2 fully saturated rings. The summed E-state index contributed by atoms with van der Waals surface area (Å²) in [4.78, 5) is 21.5. The van der Waals surface area contributed by atoms with Crippen molar-refractivity contribution in [1.82, 2.24) is 15.2 Å². The fourth-order valence-electron chi connectivity index (χ4n) is 3.54. The maximum absolute atomic E-state index is 12.6. The Hall–Kier alpha value is -1.62. The van der Waals surface area contributed by atoms with Crippen molar-refractivity contribution in [2.24, 2.45) is 11.8 Å². The predicted octanol–water partition coefficient (Wildman–Crippen LogP) is 1.75. The SMILES string of the molecule is CN(C)[C@H](CNC(=O)[C@@H]1CCCN(c2ccccn2)C1)C1CC1. The molecular weight excluding hydrogens is 288 g/mol. The van der Waals surface area contributed by atoms with Gasteiger partial charge in [-0.15, -0.1) is 0 Å². The molecule has 0 unspecified atom stereocenters. The average Bonchev–Trinajstić information content (AvgIpc) is 3.40. The van der Waals surface area contributed by atoms with Crippen molar-refractivity contribution in [3.63, 3.8) is 0 Å². The molecule has 1 saturated heterocycles. The number of aromatic nitrogens is 1. The molecule has 5 nitrogen and oxygen atoms in total. The van der Waals surface area contributed by atoms with E-state index < -0.39 is 0 Å². The second-order valence-corrected chi connectivity index (χ2v) is 7.09. The van der Waals surface area contributed by atoms with Gasteiger partial charge in [0.1, 0.15) is 5.82 Å². The number of likely N-dealkylation sites (N-methyl/N-ethyl adjacent to an activating group) is 1. The number of nitrogens with zero attached hydrogens (tertiary/aromatic N) is 3. The standard InChI is InChI=1S/C18H28N4O/c1-21(2)16(14-8-9-14)12-20-18(23)15-6-5-11-22(13-15)17-7-3-4-10-19-17/h3-4,7,10,14-16H,5-6,8-9,11-13H2,1-2H3,(H,20,23)/t15-,16-/m1/s1. The number of rotatable bonds is 6. The van der Waals surface area contributed by atoms with Gasteiger partial charge in [-0.05, 0) is 57.8 Å². The fraction of sp³-hybridized carbons (Fsp3) is 0.667. The predicted molar refractivity (Wildman–Crippen MR) is 92.4 cm³/mol. The van der Waals surface area contributed by atoms with Crippen LogP contribution in [0.1, 0.15) is 25.7 Å². The first-order valence-corrected chi connectivity index (χ1v) is 8.75. The number of carbonyl (C=O) groups excluding carboxylic acids is 1. The van der Waals surface area contributed by atoms with Gasteiger partial charge in [0, 0.05) is 31.9 Å². The zero-order valence-electron chi connectivity index (χ0n) is 14.2. The van der Waals surface area contributed by atoms with Gasteiger partial charge in [-0.1, -0.05) is 6.07 Å². The Morgan fingerprint density at radius 3 is 2.87 bits per heavy atom. The Morgan fingerprint density at radius 2 is 2.22 bits per heavy atom. The summed E-state index contributed by atoms with van der Waals surface area (Å²) in [5.74, 6) is 2.03. The Balaban J connectivity index is 1.52. The zero-order valence-corrected chi connectivity index (χ0v) is 14.2. The van der Waals surface area contributed by atoms with Gasteiger partial charge in [0.15, 0.2) is 0 Å². The van der Waals surface area contributed by atoms with Gasteiger partial charge in [0.05, 0.1) is 5.92 Å². The van der Waals surface area contributed by atoms with Gasteiger partial charge in [0.25, 0.3) is 0 Å². The smallest absolute Gasteiger partial charge is 0.224 e. The third-order valence-electron chi connectivity index (χ3n) is 5.08. The number of carbonyl (C=O) groups is 1. The molecule has 5 heteroatoms. The van der Waals surface area contributed by atoms with Crippen LogP contribution in [-0.2, 0) is 4.79 Å². The molecule has 2 heterocycles. The number of piperidine rings is 1. The van der Waals surface area contributed by atoms with Crippen molar-refractivity contribution in [3.05, 3.63) is 24.4 Å². The van der Waals surface area contributed by atoms with Crippen LogP contribution in [0.3, 0.4) is 0 Å². The summed E-state index contributed by atoms with van der Waals surface area (Å²) in [5.41, 5.74) is 0. The number of nitrogens with one attached hydrogen (secondary N) is 1. The van der Waals surface area contributed by atoms with Crippen LogP contribution in [0.25, 0.3) is 0 Å². The third kappa shape index (κ3) is 4.22. The van der Waals surface area contributed by atoms with Crippen LogP contribution in [0.5, 0.6) is 0 Å². The summed E-state index contributed by atoms with van der Waals surface area (Å²) in [6.07, 6.45) is 6.45. The molecule has 1 N–H and O–H groups in total. The molecule has 1 amide bonds. The summed E-state index contributed by atoms with van der Waals surface area (Å²) < 4.78 is 0. The first-order valence-electron chi connectivity index (χ1n) is 8.75. The summed E-state index contributed by atoms with van der Waals surface area (Å²) in [7, 11) is 4.22. The van der Waals surface area contributed by atoms with E-state index >= 15 is 0 Å². The molecule has 2 atom stereocenters. The molecule has 2 aliphatic rings. The van der Waals surface area contributed by atoms with Crippen molar-refractivity contribution in [2.45, 2.75) is 31.7 Å². The van der Waals surface area contributed by atoms with Crippen LogP contribution in [0.4, 0.5) is 5.82 Å². The molecule has 1 aromatic heterocycles. The van der Waals surface area contributed by atoms with E-state index in [0.717, 1.165) is 44.2 Å². The molecule has 126 valence electrons. The quantitative estimate of drug-likeness (QED) is 0.869. The zero-order chi connectivity index (χ0) is 16.2. The second-order valence-electron chi connectivity index (χ2n) is 7.09. The highest BCUT2D eigenvalue weighted by atomic mass is 16.1. The molecule has 1 aliphatic heterocycles. The van der Waals surface area contributed by atoms with Gasteiger partial charge in [-0.2, -0.15) is 0 Å². The maximum Gasteiger partial charge on any atom is 0.224 e. The van der Waals surface area contributed by atoms with E-state index in [2.05, 4.69) is 34.2 Å². The van der Waals surface area contributed by atoms with E-state index in [0.29, 0.717) is 6.04 Å². The summed E-state index contributed by atoms with van der Waals surface area (Å²) in [5, 5.41) is 3.20. The van der Waals surface area contributed by atoms with Crippen molar-refractivity contribution in [3.8, 4) is 0 Å². The largest absolute Gasteiger partial charge is 0.356 e. The molecule has 1 aromatic rings. The van der Waals surface area contributed by atoms with Crippen molar-refractivity contribution in [2.75, 3.05) is 38.6 Å². The maximum atomic E-state index is 12.6. The topological polar surface area (TPSA) is 48.5 Å². The van der Waals surface area contributed by atoms with Crippen LogP contribution in [-0.4, -0.2) is 55.6 Å². The molecule has 0 spiro atoms.